The van der Waals surface area contributed by atoms with Crippen LogP contribution in [0.4, 0.5) is 23.1 Å². The van der Waals surface area contributed by atoms with Gasteiger partial charge in [0.1, 0.15) is 17.2 Å². The number of unbranched alkanes of at least 4 members (excludes halogenated alkanes) is 1. The first kappa shape index (κ1) is 15.7. The summed E-state index contributed by atoms with van der Waals surface area (Å²) in [4.78, 5) is 8.21. The van der Waals surface area contributed by atoms with Gasteiger partial charge in [-0.05, 0) is 18.6 Å². The molecule has 2 rings (SSSR count). The van der Waals surface area contributed by atoms with Gasteiger partial charge in [-0.25, -0.2) is 4.98 Å². The number of methoxy groups -OCH3 is 1. The molecule has 0 fully saturated rings. The van der Waals surface area contributed by atoms with E-state index in [1.165, 1.54) is 6.20 Å². The molecule has 0 saturated carbocycles. The molecule has 0 bridgehead atoms. The molecule has 0 saturated heterocycles. The van der Waals surface area contributed by atoms with E-state index in [1.807, 2.05) is 18.2 Å². The van der Waals surface area contributed by atoms with Crippen molar-refractivity contribution in [3.05, 3.63) is 24.4 Å². The number of anilines is 4. The van der Waals surface area contributed by atoms with E-state index in [-0.39, 0.29) is 5.82 Å². The summed E-state index contributed by atoms with van der Waals surface area (Å²) in [6.45, 7) is 2.74. The molecule has 7 nitrogen and oxygen atoms in total. The van der Waals surface area contributed by atoms with Gasteiger partial charge in [0.15, 0.2) is 5.82 Å². The lowest BCUT2D eigenvalue weighted by atomic mass is 10.2. The maximum Gasteiger partial charge on any atom is 0.229 e. The fourth-order valence-corrected chi connectivity index (χ4v) is 1.83. The van der Waals surface area contributed by atoms with Crippen LogP contribution in [0.5, 0.6) is 11.5 Å². The highest BCUT2D eigenvalue weighted by Crippen LogP contribution is 2.36. The molecular formula is C15H21N5O2. The number of nitrogens with one attached hydrogen (secondary N) is 1. The predicted molar refractivity (Wildman–Crippen MR) is 87.5 cm³/mol. The summed E-state index contributed by atoms with van der Waals surface area (Å²) in [5.41, 5.74) is 12.3. The quantitative estimate of drug-likeness (QED) is 0.674. The van der Waals surface area contributed by atoms with Crippen molar-refractivity contribution in [1.82, 2.24) is 9.97 Å². The lowest BCUT2D eigenvalue weighted by Crippen LogP contribution is -2.06. The van der Waals surface area contributed by atoms with Crippen LogP contribution in [-0.4, -0.2) is 23.7 Å². The molecule has 0 unspecified atom stereocenters. The SMILES string of the molecule is CCCCOc1cccc(OC)c1Nc1ncc(N)c(N)n1. The highest BCUT2D eigenvalue weighted by Gasteiger charge is 2.12. The van der Waals surface area contributed by atoms with E-state index >= 15 is 0 Å². The molecule has 0 atom stereocenters. The first-order chi connectivity index (χ1) is 10.7. The van der Waals surface area contributed by atoms with E-state index in [0.29, 0.717) is 35.4 Å². The van der Waals surface area contributed by atoms with Gasteiger partial charge in [-0.15, -0.1) is 0 Å². The molecule has 0 radical (unpaired) electrons. The van der Waals surface area contributed by atoms with Gasteiger partial charge >= 0.3 is 0 Å². The fourth-order valence-electron chi connectivity index (χ4n) is 1.83. The molecule has 5 N–H and O–H groups in total. The minimum atomic E-state index is 0.223. The minimum absolute atomic E-state index is 0.223. The zero-order valence-corrected chi connectivity index (χ0v) is 12.8. The van der Waals surface area contributed by atoms with Crippen molar-refractivity contribution in [2.45, 2.75) is 19.8 Å². The van der Waals surface area contributed by atoms with Crippen LogP contribution in [-0.2, 0) is 0 Å². The average Bonchev–Trinajstić information content (AvgIpc) is 2.52. The molecule has 1 aromatic carbocycles. The van der Waals surface area contributed by atoms with Gasteiger partial charge in [0.05, 0.1) is 25.6 Å². The van der Waals surface area contributed by atoms with Crippen LogP contribution in [0, 0.1) is 0 Å². The zero-order valence-electron chi connectivity index (χ0n) is 12.8. The zero-order chi connectivity index (χ0) is 15.9. The summed E-state index contributed by atoms with van der Waals surface area (Å²) in [5.74, 6) is 1.86. The number of nitrogens with two attached hydrogens (primary N) is 2. The number of nitrogen functional groups attached to an aromatic ring is 2. The number of benzene rings is 1. The van der Waals surface area contributed by atoms with Gasteiger partial charge in [-0.3, -0.25) is 0 Å². The molecule has 0 amide bonds. The molecule has 0 aliphatic heterocycles. The third kappa shape index (κ3) is 3.69. The Kier molecular flexibility index (Phi) is 5.24. The van der Waals surface area contributed by atoms with Crippen LogP contribution in [0.3, 0.4) is 0 Å². The van der Waals surface area contributed by atoms with Gasteiger partial charge in [0.25, 0.3) is 0 Å². The number of aromatic nitrogens is 2. The van der Waals surface area contributed by atoms with Crippen LogP contribution in [0.1, 0.15) is 19.8 Å². The van der Waals surface area contributed by atoms with Crippen molar-refractivity contribution in [3.8, 4) is 11.5 Å². The molecule has 0 aliphatic rings. The van der Waals surface area contributed by atoms with Gasteiger partial charge in [0.2, 0.25) is 5.95 Å². The monoisotopic (exact) mass is 303 g/mol. The first-order valence-electron chi connectivity index (χ1n) is 7.10. The summed E-state index contributed by atoms with van der Waals surface area (Å²) < 4.78 is 11.2. The Morgan fingerprint density at radius 1 is 1.23 bits per heavy atom. The molecule has 0 spiro atoms. The van der Waals surface area contributed by atoms with Crippen molar-refractivity contribution in [3.63, 3.8) is 0 Å². The number of hydrogen-bond acceptors (Lipinski definition) is 7. The fraction of sp³-hybridized carbons (Fsp3) is 0.333. The smallest absolute Gasteiger partial charge is 0.229 e. The number of nitrogens with zero attached hydrogens (tertiary/aromatic N) is 2. The van der Waals surface area contributed by atoms with E-state index in [2.05, 4.69) is 22.2 Å². The standard InChI is InChI=1S/C15H21N5O2/c1-3-4-8-22-12-7-5-6-11(21-2)13(12)19-15-18-9-10(16)14(17)20-15/h5-7,9H,3-4,8,16H2,1-2H3,(H3,17,18,19,20). The van der Waals surface area contributed by atoms with Gasteiger partial charge in [-0.1, -0.05) is 19.4 Å². The Hall–Kier alpha value is -2.70. The van der Waals surface area contributed by atoms with Crippen molar-refractivity contribution in [2.75, 3.05) is 30.5 Å². The lowest BCUT2D eigenvalue weighted by Gasteiger charge is -2.15. The Morgan fingerprint density at radius 2 is 2.00 bits per heavy atom. The highest BCUT2D eigenvalue weighted by atomic mass is 16.5. The second-order valence-corrected chi connectivity index (χ2v) is 4.69. The number of hydrogen-bond donors (Lipinski definition) is 3. The van der Waals surface area contributed by atoms with E-state index in [0.717, 1.165) is 12.8 Å². The maximum atomic E-state index is 5.79. The molecule has 7 heteroatoms. The lowest BCUT2D eigenvalue weighted by molar-refractivity contribution is 0.309. The average molecular weight is 303 g/mol. The molecular weight excluding hydrogens is 282 g/mol. The van der Waals surface area contributed by atoms with Crippen molar-refractivity contribution in [1.29, 1.82) is 0 Å². The van der Waals surface area contributed by atoms with E-state index in [9.17, 15) is 0 Å². The van der Waals surface area contributed by atoms with Crippen LogP contribution >= 0.6 is 0 Å². The Labute approximate surface area is 129 Å². The Balaban J connectivity index is 2.28. The van der Waals surface area contributed by atoms with Crippen molar-refractivity contribution >= 4 is 23.1 Å². The normalized spacial score (nSPS) is 10.3. The van der Waals surface area contributed by atoms with Crippen LogP contribution in [0.15, 0.2) is 24.4 Å². The van der Waals surface area contributed by atoms with Crippen molar-refractivity contribution < 1.29 is 9.47 Å². The summed E-state index contributed by atoms with van der Waals surface area (Å²) in [6.07, 6.45) is 3.49. The van der Waals surface area contributed by atoms with Crippen LogP contribution < -0.4 is 26.3 Å². The maximum absolute atomic E-state index is 5.79. The molecule has 1 heterocycles. The first-order valence-corrected chi connectivity index (χ1v) is 7.10. The molecule has 2 aromatic rings. The van der Waals surface area contributed by atoms with Gasteiger partial charge in [-0.2, -0.15) is 4.98 Å². The number of rotatable bonds is 7. The van der Waals surface area contributed by atoms with Gasteiger partial charge < -0.3 is 26.3 Å². The van der Waals surface area contributed by atoms with E-state index in [1.54, 1.807) is 7.11 Å². The van der Waals surface area contributed by atoms with Crippen molar-refractivity contribution in [2.24, 2.45) is 0 Å². The molecule has 22 heavy (non-hydrogen) atoms. The summed E-state index contributed by atoms with van der Waals surface area (Å²) in [7, 11) is 1.59. The number of ether oxygens (including phenoxy) is 2. The molecule has 1 aromatic heterocycles. The largest absolute Gasteiger partial charge is 0.494 e. The second-order valence-electron chi connectivity index (χ2n) is 4.69. The highest BCUT2D eigenvalue weighted by molar-refractivity contribution is 5.71. The van der Waals surface area contributed by atoms with E-state index < -0.39 is 0 Å². The second kappa shape index (κ2) is 7.35. The summed E-state index contributed by atoms with van der Waals surface area (Å²) >= 11 is 0. The van der Waals surface area contributed by atoms with Gasteiger partial charge in [0, 0.05) is 0 Å². The van der Waals surface area contributed by atoms with E-state index in [4.69, 9.17) is 20.9 Å². The molecule has 118 valence electrons. The summed E-state index contributed by atoms with van der Waals surface area (Å²) in [6, 6.07) is 5.56. The van der Waals surface area contributed by atoms with Crippen LogP contribution in [0.25, 0.3) is 0 Å². The third-order valence-electron chi connectivity index (χ3n) is 3.05. The van der Waals surface area contributed by atoms with Crippen LogP contribution in [0.2, 0.25) is 0 Å². The Bertz CT molecular complexity index is 633. The Morgan fingerprint density at radius 3 is 2.68 bits per heavy atom. The topological polar surface area (TPSA) is 108 Å². The molecule has 0 aliphatic carbocycles. The number of para-hydroxylation sites is 1. The summed E-state index contributed by atoms with van der Waals surface area (Å²) in [5, 5.41) is 3.08. The predicted octanol–water partition coefficient (Wildman–Crippen LogP) is 2.57. The third-order valence-corrected chi connectivity index (χ3v) is 3.05. The minimum Gasteiger partial charge on any atom is -0.494 e.